The third kappa shape index (κ3) is 3.62. The van der Waals surface area contributed by atoms with Gasteiger partial charge in [-0.1, -0.05) is 0 Å². The maximum absolute atomic E-state index is 11.7. The van der Waals surface area contributed by atoms with Crippen molar-refractivity contribution in [1.29, 1.82) is 0 Å². The highest BCUT2D eigenvalue weighted by Crippen LogP contribution is 2.05. The quantitative estimate of drug-likeness (QED) is 0.593. The lowest BCUT2D eigenvalue weighted by Crippen LogP contribution is -2.34. The largest absolute Gasteiger partial charge is 0.394 e. The van der Waals surface area contributed by atoms with Crippen LogP contribution in [0.25, 0.3) is 0 Å². The standard InChI is InChI=1S/C11H16N6O3/c1-17-7-14-16-9(17)5-20-6-10(19)15-8(4-18)11-12-2-3-13-11/h2-3,7-8,18H,4-6H2,1H3,(H,12,13)(H,15,19). The molecule has 0 aromatic carbocycles. The van der Waals surface area contributed by atoms with Gasteiger partial charge >= 0.3 is 0 Å². The Morgan fingerprint density at radius 2 is 2.50 bits per heavy atom. The highest BCUT2D eigenvalue weighted by atomic mass is 16.5. The van der Waals surface area contributed by atoms with E-state index >= 15 is 0 Å². The number of aromatic amines is 1. The van der Waals surface area contributed by atoms with Crippen LogP contribution in [0.1, 0.15) is 17.7 Å². The summed E-state index contributed by atoms with van der Waals surface area (Å²) >= 11 is 0. The Bertz CT molecular complexity index is 538. The third-order valence-electron chi connectivity index (χ3n) is 2.64. The first-order chi connectivity index (χ1) is 9.70. The molecule has 0 saturated heterocycles. The van der Waals surface area contributed by atoms with E-state index in [4.69, 9.17) is 4.74 Å². The molecule has 108 valence electrons. The molecule has 0 spiro atoms. The number of ether oxygens (including phenoxy) is 1. The van der Waals surface area contributed by atoms with Crippen LogP contribution in [-0.2, 0) is 23.2 Å². The summed E-state index contributed by atoms with van der Waals surface area (Å²) in [6.07, 6.45) is 4.72. The van der Waals surface area contributed by atoms with Crippen molar-refractivity contribution in [2.75, 3.05) is 13.2 Å². The summed E-state index contributed by atoms with van der Waals surface area (Å²) in [5.41, 5.74) is 0. The number of aryl methyl sites for hydroxylation is 1. The summed E-state index contributed by atoms with van der Waals surface area (Å²) in [5.74, 6) is 0.777. The van der Waals surface area contributed by atoms with Crippen molar-refractivity contribution in [3.05, 3.63) is 30.4 Å². The average Bonchev–Trinajstić information content (AvgIpc) is 3.08. The number of nitrogens with one attached hydrogen (secondary N) is 2. The summed E-state index contributed by atoms with van der Waals surface area (Å²) in [5, 5.41) is 19.4. The van der Waals surface area contributed by atoms with Gasteiger partial charge in [-0.3, -0.25) is 4.79 Å². The molecule has 0 aliphatic heterocycles. The average molecular weight is 280 g/mol. The van der Waals surface area contributed by atoms with Crippen molar-refractivity contribution in [2.24, 2.45) is 7.05 Å². The van der Waals surface area contributed by atoms with Crippen LogP contribution in [-0.4, -0.2) is 49.0 Å². The van der Waals surface area contributed by atoms with Gasteiger partial charge in [0, 0.05) is 19.4 Å². The number of rotatable bonds is 7. The fraction of sp³-hybridized carbons (Fsp3) is 0.455. The van der Waals surface area contributed by atoms with Gasteiger partial charge < -0.3 is 24.7 Å². The van der Waals surface area contributed by atoms with E-state index in [0.29, 0.717) is 11.6 Å². The predicted molar refractivity (Wildman–Crippen MR) is 67.2 cm³/mol. The van der Waals surface area contributed by atoms with Crippen molar-refractivity contribution in [2.45, 2.75) is 12.6 Å². The Labute approximate surface area is 115 Å². The van der Waals surface area contributed by atoms with E-state index in [-0.39, 0.29) is 25.7 Å². The number of hydrogen-bond acceptors (Lipinski definition) is 6. The Kier molecular flexibility index (Phi) is 4.80. The fourth-order valence-corrected chi connectivity index (χ4v) is 1.58. The summed E-state index contributed by atoms with van der Waals surface area (Å²) in [6.45, 7) is -0.193. The van der Waals surface area contributed by atoms with Crippen molar-refractivity contribution in [3.63, 3.8) is 0 Å². The van der Waals surface area contributed by atoms with E-state index in [1.165, 1.54) is 0 Å². The molecular weight excluding hydrogens is 264 g/mol. The van der Waals surface area contributed by atoms with Crippen LogP contribution >= 0.6 is 0 Å². The molecule has 0 saturated carbocycles. The molecule has 2 heterocycles. The van der Waals surface area contributed by atoms with Gasteiger partial charge in [-0.05, 0) is 0 Å². The minimum absolute atomic E-state index is 0.135. The Hall–Kier alpha value is -2.26. The van der Waals surface area contributed by atoms with Crippen molar-refractivity contribution in [1.82, 2.24) is 30.0 Å². The lowest BCUT2D eigenvalue weighted by Gasteiger charge is -2.13. The van der Waals surface area contributed by atoms with Gasteiger partial charge in [0.2, 0.25) is 5.91 Å². The van der Waals surface area contributed by atoms with Crippen LogP contribution in [0, 0.1) is 0 Å². The number of carbonyl (C=O) groups is 1. The smallest absolute Gasteiger partial charge is 0.246 e. The molecule has 1 amide bonds. The normalized spacial score (nSPS) is 12.3. The molecule has 9 heteroatoms. The van der Waals surface area contributed by atoms with Gasteiger partial charge in [0.05, 0.1) is 6.61 Å². The van der Waals surface area contributed by atoms with Crippen LogP contribution in [0.3, 0.4) is 0 Å². The third-order valence-corrected chi connectivity index (χ3v) is 2.64. The van der Waals surface area contributed by atoms with Crippen LogP contribution in [0.2, 0.25) is 0 Å². The van der Waals surface area contributed by atoms with Crippen LogP contribution in [0.5, 0.6) is 0 Å². The highest BCUT2D eigenvalue weighted by molar-refractivity contribution is 5.77. The first-order valence-electron chi connectivity index (χ1n) is 6.01. The molecule has 2 aromatic rings. The summed E-state index contributed by atoms with van der Waals surface area (Å²) in [6, 6.07) is -0.573. The second kappa shape index (κ2) is 6.78. The topological polar surface area (TPSA) is 118 Å². The number of aliphatic hydroxyl groups is 1. The van der Waals surface area contributed by atoms with Crippen LogP contribution in [0.15, 0.2) is 18.7 Å². The highest BCUT2D eigenvalue weighted by Gasteiger charge is 2.15. The second-order valence-corrected chi connectivity index (χ2v) is 4.13. The second-order valence-electron chi connectivity index (χ2n) is 4.13. The van der Waals surface area contributed by atoms with Gasteiger partial charge in [-0.2, -0.15) is 0 Å². The van der Waals surface area contributed by atoms with Crippen LogP contribution < -0.4 is 5.32 Å². The Balaban J connectivity index is 1.76. The van der Waals surface area contributed by atoms with E-state index in [2.05, 4.69) is 25.5 Å². The number of carbonyl (C=O) groups excluding carboxylic acids is 1. The first-order valence-corrected chi connectivity index (χ1v) is 6.01. The molecule has 2 rings (SSSR count). The molecule has 0 bridgehead atoms. The number of hydrogen-bond donors (Lipinski definition) is 3. The van der Waals surface area contributed by atoms with Gasteiger partial charge in [-0.25, -0.2) is 4.98 Å². The number of imidazole rings is 1. The Morgan fingerprint density at radius 1 is 1.65 bits per heavy atom. The maximum Gasteiger partial charge on any atom is 0.246 e. The maximum atomic E-state index is 11.7. The van der Waals surface area contributed by atoms with E-state index in [9.17, 15) is 9.90 Å². The lowest BCUT2D eigenvalue weighted by atomic mass is 10.3. The summed E-state index contributed by atoms with van der Waals surface area (Å²) in [4.78, 5) is 18.5. The van der Waals surface area contributed by atoms with E-state index in [0.717, 1.165) is 0 Å². The molecule has 20 heavy (non-hydrogen) atoms. The van der Waals surface area contributed by atoms with E-state index < -0.39 is 6.04 Å². The lowest BCUT2D eigenvalue weighted by molar-refractivity contribution is -0.127. The molecule has 9 nitrogen and oxygen atoms in total. The zero-order chi connectivity index (χ0) is 14.4. The van der Waals surface area contributed by atoms with Crippen molar-refractivity contribution in [3.8, 4) is 0 Å². The molecular formula is C11H16N6O3. The fourth-order valence-electron chi connectivity index (χ4n) is 1.58. The molecule has 2 aromatic heterocycles. The van der Waals surface area contributed by atoms with Gasteiger partial charge in [0.25, 0.3) is 0 Å². The number of amides is 1. The number of aromatic nitrogens is 5. The predicted octanol–water partition coefficient (Wildman–Crippen LogP) is -1.10. The summed E-state index contributed by atoms with van der Waals surface area (Å²) < 4.78 is 6.94. The Morgan fingerprint density at radius 3 is 3.10 bits per heavy atom. The summed E-state index contributed by atoms with van der Waals surface area (Å²) in [7, 11) is 1.79. The van der Waals surface area contributed by atoms with Crippen LogP contribution in [0.4, 0.5) is 0 Å². The molecule has 3 N–H and O–H groups in total. The molecule has 1 unspecified atom stereocenters. The molecule has 0 fully saturated rings. The zero-order valence-electron chi connectivity index (χ0n) is 11.0. The van der Waals surface area contributed by atoms with Gasteiger partial charge in [-0.15, -0.1) is 10.2 Å². The molecule has 0 radical (unpaired) electrons. The van der Waals surface area contributed by atoms with E-state index in [1.54, 1.807) is 30.3 Å². The molecule has 0 aliphatic rings. The SMILES string of the molecule is Cn1cnnc1COCC(=O)NC(CO)c1ncc[nH]1. The monoisotopic (exact) mass is 280 g/mol. The van der Waals surface area contributed by atoms with Gasteiger partial charge in [0.1, 0.15) is 31.4 Å². The minimum Gasteiger partial charge on any atom is -0.394 e. The number of H-pyrrole nitrogens is 1. The number of nitrogens with zero attached hydrogens (tertiary/aromatic N) is 4. The molecule has 0 aliphatic carbocycles. The minimum atomic E-state index is -0.573. The molecule has 1 atom stereocenters. The van der Waals surface area contributed by atoms with Gasteiger partial charge in [0.15, 0.2) is 5.82 Å². The number of aliphatic hydroxyl groups excluding tert-OH is 1. The van der Waals surface area contributed by atoms with Crippen molar-refractivity contribution >= 4 is 5.91 Å². The first kappa shape index (κ1) is 14.2. The van der Waals surface area contributed by atoms with Crippen molar-refractivity contribution < 1.29 is 14.6 Å². The zero-order valence-corrected chi connectivity index (χ0v) is 11.0. The van der Waals surface area contributed by atoms with E-state index in [1.807, 2.05) is 0 Å².